The molecule has 0 bridgehead atoms. The molecular weight excluding hydrogens is 374 g/mol. The van der Waals surface area contributed by atoms with Crippen LogP contribution in [0.4, 0.5) is 0 Å². The zero-order valence-electron chi connectivity index (χ0n) is 13.1. The fourth-order valence-corrected chi connectivity index (χ4v) is 2.64. The zero-order valence-corrected chi connectivity index (χ0v) is 14.7. The average molecular weight is 388 g/mol. The fourth-order valence-electron chi connectivity index (χ4n) is 2.24. The molecule has 1 heterocycles. The first-order valence-electron chi connectivity index (χ1n) is 7.11. The Labute approximate surface area is 147 Å². The van der Waals surface area contributed by atoms with E-state index in [9.17, 15) is 4.79 Å². The number of carbonyl (C=O) groups excluding carboxylic acids is 1. The highest BCUT2D eigenvalue weighted by Crippen LogP contribution is 2.28. The quantitative estimate of drug-likeness (QED) is 0.591. The van der Waals surface area contributed by atoms with Gasteiger partial charge in [-0.25, -0.2) is 9.79 Å². The van der Waals surface area contributed by atoms with Crippen LogP contribution in [-0.2, 0) is 9.53 Å². The highest BCUT2D eigenvalue weighted by atomic mass is 79.9. The molecule has 0 amide bonds. The largest absolute Gasteiger partial charge is 0.497 e. The van der Waals surface area contributed by atoms with E-state index >= 15 is 0 Å². The minimum absolute atomic E-state index is 0.216. The van der Waals surface area contributed by atoms with Gasteiger partial charge in [-0.1, -0.05) is 22.0 Å². The molecule has 0 fully saturated rings. The topological polar surface area (TPSA) is 57.1 Å². The predicted octanol–water partition coefficient (Wildman–Crippen LogP) is 3.81. The number of benzene rings is 2. The monoisotopic (exact) mass is 387 g/mol. The third kappa shape index (κ3) is 3.33. The molecule has 2 aromatic rings. The van der Waals surface area contributed by atoms with Crippen molar-refractivity contribution in [2.45, 2.75) is 0 Å². The molecule has 0 atom stereocenters. The molecule has 6 heteroatoms. The standard InChI is InChI=1S/C18H14BrNO4/c1-22-14-7-6-11(16(10-14)23-2)9-15-18(21)24-17(20-15)12-4-3-5-13(19)8-12/h3-10H,1-2H3/b15-9+. The number of cyclic esters (lactones) is 1. The molecule has 2 aromatic carbocycles. The molecular formula is C18H14BrNO4. The van der Waals surface area contributed by atoms with Gasteiger partial charge in [0.15, 0.2) is 5.70 Å². The number of hydrogen-bond donors (Lipinski definition) is 0. The number of carbonyl (C=O) groups is 1. The molecule has 0 spiro atoms. The van der Waals surface area contributed by atoms with Crippen LogP contribution in [0.3, 0.4) is 0 Å². The Morgan fingerprint density at radius 1 is 1.12 bits per heavy atom. The first-order chi connectivity index (χ1) is 11.6. The summed E-state index contributed by atoms with van der Waals surface area (Å²) in [6.07, 6.45) is 1.63. The fraction of sp³-hybridized carbons (Fsp3) is 0.111. The summed E-state index contributed by atoms with van der Waals surface area (Å²) in [7, 11) is 3.13. The number of halogens is 1. The second-order valence-corrected chi connectivity index (χ2v) is 5.87. The van der Waals surface area contributed by atoms with Crippen molar-refractivity contribution in [1.82, 2.24) is 0 Å². The van der Waals surface area contributed by atoms with Crippen molar-refractivity contribution >= 4 is 33.9 Å². The number of nitrogens with zero attached hydrogens (tertiary/aromatic N) is 1. The van der Waals surface area contributed by atoms with Gasteiger partial charge in [0.05, 0.1) is 14.2 Å². The molecule has 24 heavy (non-hydrogen) atoms. The molecule has 1 aliphatic rings. The third-order valence-electron chi connectivity index (χ3n) is 3.42. The molecule has 0 aliphatic carbocycles. The first kappa shape index (κ1) is 16.3. The van der Waals surface area contributed by atoms with Crippen LogP contribution in [0.1, 0.15) is 11.1 Å². The Balaban J connectivity index is 1.97. The lowest BCUT2D eigenvalue weighted by Crippen LogP contribution is -2.05. The smallest absolute Gasteiger partial charge is 0.363 e. The molecule has 0 aromatic heterocycles. The van der Waals surface area contributed by atoms with Crippen molar-refractivity contribution in [2.75, 3.05) is 14.2 Å². The van der Waals surface area contributed by atoms with Crippen LogP contribution in [-0.4, -0.2) is 26.1 Å². The molecule has 0 saturated carbocycles. The zero-order chi connectivity index (χ0) is 17.1. The summed E-state index contributed by atoms with van der Waals surface area (Å²) in [5.41, 5.74) is 1.65. The molecule has 122 valence electrons. The van der Waals surface area contributed by atoms with Crippen LogP contribution in [0.5, 0.6) is 11.5 Å². The third-order valence-corrected chi connectivity index (χ3v) is 3.92. The van der Waals surface area contributed by atoms with E-state index in [1.54, 1.807) is 38.5 Å². The van der Waals surface area contributed by atoms with Crippen molar-refractivity contribution in [2.24, 2.45) is 4.99 Å². The highest BCUT2D eigenvalue weighted by molar-refractivity contribution is 9.10. The Morgan fingerprint density at radius 3 is 2.67 bits per heavy atom. The molecule has 1 aliphatic heterocycles. The van der Waals surface area contributed by atoms with Crippen molar-refractivity contribution < 1.29 is 19.0 Å². The van der Waals surface area contributed by atoms with E-state index in [2.05, 4.69) is 20.9 Å². The maximum Gasteiger partial charge on any atom is 0.363 e. The second kappa shape index (κ2) is 6.88. The van der Waals surface area contributed by atoms with Crippen LogP contribution >= 0.6 is 15.9 Å². The molecule has 0 unspecified atom stereocenters. The van der Waals surface area contributed by atoms with Gasteiger partial charge in [-0.15, -0.1) is 0 Å². The van der Waals surface area contributed by atoms with Crippen LogP contribution in [0.2, 0.25) is 0 Å². The van der Waals surface area contributed by atoms with Crippen molar-refractivity contribution in [1.29, 1.82) is 0 Å². The number of rotatable bonds is 4. The van der Waals surface area contributed by atoms with E-state index in [1.807, 2.05) is 24.3 Å². The summed E-state index contributed by atoms with van der Waals surface area (Å²) >= 11 is 3.39. The van der Waals surface area contributed by atoms with E-state index in [0.29, 0.717) is 17.1 Å². The van der Waals surface area contributed by atoms with Gasteiger partial charge in [0.25, 0.3) is 0 Å². The van der Waals surface area contributed by atoms with E-state index in [1.165, 1.54) is 0 Å². The van der Waals surface area contributed by atoms with Gasteiger partial charge in [0.2, 0.25) is 5.90 Å². The van der Waals surface area contributed by atoms with Gasteiger partial charge < -0.3 is 14.2 Å². The van der Waals surface area contributed by atoms with Gasteiger partial charge in [0, 0.05) is 21.7 Å². The minimum atomic E-state index is -0.497. The van der Waals surface area contributed by atoms with E-state index < -0.39 is 5.97 Å². The first-order valence-corrected chi connectivity index (χ1v) is 7.90. The van der Waals surface area contributed by atoms with Crippen molar-refractivity contribution in [3.63, 3.8) is 0 Å². The Bertz CT molecular complexity index is 858. The molecule has 0 radical (unpaired) electrons. The van der Waals surface area contributed by atoms with Crippen molar-refractivity contribution in [3.05, 3.63) is 63.8 Å². The lowest BCUT2D eigenvalue weighted by Gasteiger charge is -2.07. The Morgan fingerprint density at radius 2 is 1.96 bits per heavy atom. The average Bonchev–Trinajstić information content (AvgIpc) is 2.96. The lowest BCUT2D eigenvalue weighted by molar-refractivity contribution is -0.129. The van der Waals surface area contributed by atoms with Crippen molar-refractivity contribution in [3.8, 4) is 11.5 Å². The summed E-state index contributed by atoms with van der Waals surface area (Å²) in [6.45, 7) is 0. The van der Waals surface area contributed by atoms with E-state index in [0.717, 1.165) is 10.0 Å². The van der Waals surface area contributed by atoms with Gasteiger partial charge in [-0.3, -0.25) is 0 Å². The van der Waals surface area contributed by atoms with Gasteiger partial charge in [-0.2, -0.15) is 0 Å². The van der Waals surface area contributed by atoms with Gasteiger partial charge >= 0.3 is 5.97 Å². The molecule has 5 nitrogen and oxygen atoms in total. The number of aliphatic imine (C=N–C) groups is 1. The molecule has 0 N–H and O–H groups in total. The molecule has 3 rings (SSSR count). The normalized spacial score (nSPS) is 15.2. The van der Waals surface area contributed by atoms with Crippen LogP contribution in [0, 0.1) is 0 Å². The number of esters is 1. The highest BCUT2D eigenvalue weighted by Gasteiger charge is 2.24. The SMILES string of the molecule is COc1ccc(/C=C2/N=C(c3cccc(Br)c3)OC2=O)c(OC)c1. The van der Waals surface area contributed by atoms with E-state index in [4.69, 9.17) is 14.2 Å². The number of hydrogen-bond acceptors (Lipinski definition) is 5. The number of methoxy groups -OCH3 is 2. The summed E-state index contributed by atoms with van der Waals surface area (Å²) in [5, 5.41) is 0. The number of ether oxygens (including phenoxy) is 3. The molecule has 0 saturated heterocycles. The second-order valence-electron chi connectivity index (χ2n) is 4.95. The summed E-state index contributed by atoms with van der Waals surface area (Å²) < 4.78 is 16.6. The maximum absolute atomic E-state index is 12.1. The maximum atomic E-state index is 12.1. The van der Waals surface area contributed by atoms with Crippen LogP contribution < -0.4 is 9.47 Å². The minimum Gasteiger partial charge on any atom is -0.497 e. The predicted molar refractivity (Wildman–Crippen MR) is 94.3 cm³/mol. The van der Waals surface area contributed by atoms with Gasteiger partial charge in [-0.05, 0) is 36.4 Å². The Kier molecular flexibility index (Phi) is 4.66. The van der Waals surface area contributed by atoms with Crippen LogP contribution in [0.15, 0.2) is 57.6 Å². The van der Waals surface area contributed by atoms with Gasteiger partial charge in [0.1, 0.15) is 11.5 Å². The van der Waals surface area contributed by atoms with Crippen LogP contribution in [0.25, 0.3) is 6.08 Å². The summed E-state index contributed by atoms with van der Waals surface area (Å²) in [6, 6.07) is 12.7. The Hall–Kier alpha value is -2.60. The summed E-state index contributed by atoms with van der Waals surface area (Å²) in [4.78, 5) is 16.4. The lowest BCUT2D eigenvalue weighted by atomic mass is 10.1. The van der Waals surface area contributed by atoms with E-state index in [-0.39, 0.29) is 11.6 Å². The summed E-state index contributed by atoms with van der Waals surface area (Å²) in [5.74, 6) is 1.03.